The Kier molecular flexibility index (Phi) is 7.95. The highest BCUT2D eigenvalue weighted by molar-refractivity contribution is 5.94. The van der Waals surface area contributed by atoms with Crippen molar-refractivity contribution in [1.29, 1.82) is 0 Å². The molecule has 1 aliphatic rings. The number of nitrogens with one attached hydrogen (secondary N) is 1. The van der Waals surface area contributed by atoms with Crippen molar-refractivity contribution < 1.29 is 32.2 Å². The zero-order valence-corrected chi connectivity index (χ0v) is 20.1. The van der Waals surface area contributed by atoms with Crippen LogP contribution in [-0.2, 0) is 11.0 Å². The summed E-state index contributed by atoms with van der Waals surface area (Å²) in [5.74, 6) is -0.216. The van der Waals surface area contributed by atoms with Crippen molar-refractivity contribution in [3.63, 3.8) is 0 Å². The number of para-hydroxylation sites is 1. The van der Waals surface area contributed by atoms with Crippen molar-refractivity contribution in [2.75, 3.05) is 32.1 Å². The molecular formula is C27H26F3N3O4. The average molecular weight is 514 g/mol. The van der Waals surface area contributed by atoms with Crippen LogP contribution in [0.4, 0.5) is 18.9 Å². The monoisotopic (exact) mass is 513 g/mol. The van der Waals surface area contributed by atoms with E-state index < -0.39 is 17.8 Å². The number of carbonyl (C=O) groups is 2. The second-order valence-corrected chi connectivity index (χ2v) is 8.62. The maximum atomic E-state index is 13.2. The molecule has 4 rings (SSSR count). The molecule has 0 unspecified atom stereocenters. The summed E-state index contributed by atoms with van der Waals surface area (Å²) >= 11 is 0. The number of anilines is 1. The van der Waals surface area contributed by atoms with E-state index in [1.54, 1.807) is 17.0 Å². The van der Waals surface area contributed by atoms with Crippen LogP contribution in [0.15, 0.2) is 66.7 Å². The number of halogens is 3. The van der Waals surface area contributed by atoms with E-state index in [2.05, 4.69) is 10.3 Å². The molecule has 10 heteroatoms. The van der Waals surface area contributed by atoms with Crippen LogP contribution in [0.3, 0.4) is 0 Å². The number of nitrogens with zero attached hydrogens (tertiary/aromatic N) is 2. The van der Waals surface area contributed by atoms with Crippen LogP contribution in [-0.4, -0.2) is 48.5 Å². The summed E-state index contributed by atoms with van der Waals surface area (Å²) in [7, 11) is 1.21. The van der Waals surface area contributed by atoms with Crippen molar-refractivity contribution in [3.05, 3.63) is 83.6 Å². The van der Waals surface area contributed by atoms with Gasteiger partial charge in [-0.25, -0.2) is 4.98 Å². The number of alkyl halides is 3. The van der Waals surface area contributed by atoms with Gasteiger partial charge in [0.15, 0.2) is 6.61 Å². The number of methoxy groups -OCH3 is 1. The quantitative estimate of drug-likeness (QED) is 0.473. The standard InChI is InChI=1S/C27H26F3N3O4/c1-36-25-16-20(15-23(32-25)27(28,29)30)26(35)33-13-11-19(12-14-33)18-7-9-21(10-8-18)31-24(34)17-37-22-5-3-2-4-6-22/h2-10,15-16,19H,11-14,17H2,1H3,(H,31,34). The van der Waals surface area contributed by atoms with Crippen molar-refractivity contribution in [2.45, 2.75) is 24.9 Å². The van der Waals surface area contributed by atoms with Gasteiger partial charge in [0.05, 0.1) is 7.11 Å². The van der Waals surface area contributed by atoms with Crippen molar-refractivity contribution in [3.8, 4) is 11.6 Å². The van der Waals surface area contributed by atoms with Crippen molar-refractivity contribution in [1.82, 2.24) is 9.88 Å². The molecule has 2 aromatic carbocycles. The van der Waals surface area contributed by atoms with Gasteiger partial charge >= 0.3 is 6.18 Å². The minimum Gasteiger partial charge on any atom is -0.484 e. The molecule has 1 fully saturated rings. The zero-order chi connectivity index (χ0) is 26.4. The van der Waals surface area contributed by atoms with E-state index in [0.717, 1.165) is 11.6 Å². The molecule has 194 valence electrons. The zero-order valence-electron chi connectivity index (χ0n) is 20.1. The summed E-state index contributed by atoms with van der Waals surface area (Å²) in [5, 5.41) is 2.79. The molecular weight excluding hydrogens is 487 g/mol. The largest absolute Gasteiger partial charge is 0.484 e. The third-order valence-electron chi connectivity index (χ3n) is 6.11. The second-order valence-electron chi connectivity index (χ2n) is 8.62. The Balaban J connectivity index is 1.31. The third kappa shape index (κ3) is 6.78. The van der Waals surface area contributed by atoms with Gasteiger partial charge in [0.25, 0.3) is 11.8 Å². The van der Waals surface area contributed by atoms with Gasteiger partial charge in [-0.15, -0.1) is 0 Å². The van der Waals surface area contributed by atoms with Crippen molar-refractivity contribution >= 4 is 17.5 Å². The molecule has 0 atom stereocenters. The molecule has 0 aliphatic carbocycles. The number of carbonyl (C=O) groups excluding carboxylic acids is 2. The number of likely N-dealkylation sites (tertiary alicyclic amines) is 1. The second kappa shape index (κ2) is 11.3. The highest BCUT2D eigenvalue weighted by atomic mass is 19.4. The van der Waals surface area contributed by atoms with Gasteiger partial charge in [0, 0.05) is 30.4 Å². The molecule has 0 saturated carbocycles. The molecule has 3 aromatic rings. The van der Waals surface area contributed by atoms with Crippen LogP contribution >= 0.6 is 0 Å². The predicted octanol–water partition coefficient (Wildman–Crippen LogP) is 5.15. The van der Waals surface area contributed by atoms with Gasteiger partial charge in [0.1, 0.15) is 11.4 Å². The highest BCUT2D eigenvalue weighted by Gasteiger charge is 2.35. The number of hydrogen-bond acceptors (Lipinski definition) is 5. The molecule has 7 nitrogen and oxygen atoms in total. The van der Waals surface area contributed by atoms with Gasteiger partial charge in [0.2, 0.25) is 5.88 Å². The molecule has 2 heterocycles. The average Bonchev–Trinajstić information content (AvgIpc) is 2.92. The lowest BCUT2D eigenvalue weighted by Crippen LogP contribution is -2.38. The lowest BCUT2D eigenvalue weighted by atomic mass is 9.89. The summed E-state index contributed by atoms with van der Waals surface area (Å²) in [6, 6.07) is 18.5. The third-order valence-corrected chi connectivity index (χ3v) is 6.11. The topological polar surface area (TPSA) is 80.8 Å². The van der Waals surface area contributed by atoms with E-state index in [1.165, 1.54) is 13.2 Å². The SMILES string of the molecule is COc1cc(C(=O)N2CCC(c3ccc(NC(=O)COc4ccccc4)cc3)CC2)cc(C(F)(F)F)n1. The fourth-order valence-corrected chi connectivity index (χ4v) is 4.18. The van der Waals surface area contributed by atoms with Crippen LogP contribution in [0.2, 0.25) is 0 Å². The van der Waals surface area contributed by atoms with Gasteiger partial charge in [-0.3, -0.25) is 9.59 Å². The molecule has 1 N–H and O–H groups in total. The first-order chi connectivity index (χ1) is 17.7. The van der Waals surface area contributed by atoms with Crippen molar-refractivity contribution in [2.24, 2.45) is 0 Å². The normalized spacial score (nSPS) is 14.2. The molecule has 1 saturated heterocycles. The molecule has 0 spiro atoms. The molecule has 1 aromatic heterocycles. The highest BCUT2D eigenvalue weighted by Crippen LogP contribution is 2.32. The number of ether oxygens (including phenoxy) is 2. The van der Waals surface area contributed by atoms with Gasteiger partial charge < -0.3 is 19.7 Å². The number of aromatic nitrogens is 1. The van der Waals surface area contributed by atoms with Crippen LogP contribution < -0.4 is 14.8 Å². The number of amides is 2. The minimum absolute atomic E-state index is 0.103. The maximum Gasteiger partial charge on any atom is 0.433 e. The summed E-state index contributed by atoms with van der Waals surface area (Å²) in [6.07, 6.45) is -3.36. The maximum absolute atomic E-state index is 13.2. The van der Waals surface area contributed by atoms with Crippen LogP contribution in [0, 0.1) is 0 Å². The Morgan fingerprint density at radius 3 is 2.32 bits per heavy atom. The molecule has 2 amide bonds. The fraction of sp³-hybridized carbons (Fsp3) is 0.296. The smallest absolute Gasteiger partial charge is 0.433 e. The summed E-state index contributed by atoms with van der Waals surface area (Å²) in [5.41, 5.74) is 0.443. The van der Waals surface area contributed by atoms with Crippen LogP contribution in [0.5, 0.6) is 11.6 Å². The first kappa shape index (κ1) is 26.0. The Hall–Kier alpha value is -4.08. The number of hydrogen-bond donors (Lipinski definition) is 1. The van der Waals surface area contributed by atoms with E-state index in [4.69, 9.17) is 9.47 Å². The summed E-state index contributed by atoms with van der Waals surface area (Å²) in [6.45, 7) is 0.710. The lowest BCUT2D eigenvalue weighted by Gasteiger charge is -2.32. The molecule has 37 heavy (non-hydrogen) atoms. The number of rotatable bonds is 7. The summed E-state index contributed by atoms with van der Waals surface area (Å²) in [4.78, 5) is 30.0. The van der Waals surface area contributed by atoms with Crippen LogP contribution in [0.1, 0.15) is 40.4 Å². The Morgan fingerprint density at radius 1 is 1.03 bits per heavy atom. The Labute approximate surface area is 212 Å². The van der Waals surface area contributed by atoms with Crippen LogP contribution in [0.25, 0.3) is 0 Å². The molecule has 0 radical (unpaired) electrons. The fourth-order valence-electron chi connectivity index (χ4n) is 4.18. The van der Waals surface area contributed by atoms with E-state index in [0.29, 0.717) is 37.4 Å². The van der Waals surface area contributed by atoms with Gasteiger partial charge in [-0.1, -0.05) is 30.3 Å². The van der Waals surface area contributed by atoms with E-state index in [1.807, 2.05) is 42.5 Å². The van der Waals surface area contributed by atoms with E-state index >= 15 is 0 Å². The first-order valence-corrected chi connectivity index (χ1v) is 11.7. The van der Waals surface area contributed by atoms with E-state index in [-0.39, 0.29) is 29.9 Å². The molecule has 1 aliphatic heterocycles. The minimum atomic E-state index is -4.68. The number of benzene rings is 2. The summed E-state index contributed by atoms with van der Waals surface area (Å²) < 4.78 is 49.8. The number of pyridine rings is 1. The van der Waals surface area contributed by atoms with Gasteiger partial charge in [-0.2, -0.15) is 13.2 Å². The first-order valence-electron chi connectivity index (χ1n) is 11.7. The Bertz CT molecular complexity index is 1230. The number of piperidine rings is 1. The Morgan fingerprint density at radius 2 is 1.70 bits per heavy atom. The molecule has 0 bridgehead atoms. The van der Waals surface area contributed by atoms with E-state index in [9.17, 15) is 22.8 Å². The van der Waals surface area contributed by atoms with Gasteiger partial charge in [-0.05, 0) is 54.7 Å². The predicted molar refractivity (Wildman–Crippen MR) is 131 cm³/mol. The lowest BCUT2D eigenvalue weighted by molar-refractivity contribution is -0.141.